The van der Waals surface area contributed by atoms with Crippen molar-refractivity contribution in [3.63, 3.8) is 0 Å². The van der Waals surface area contributed by atoms with E-state index in [2.05, 4.69) is 9.97 Å². The number of carboxylic acid groups (broad SMARTS) is 1. The topological polar surface area (TPSA) is 72.3 Å². The minimum absolute atomic E-state index is 0.165. The number of ether oxygens (including phenoxy) is 1. The average molecular weight is 470 g/mol. The van der Waals surface area contributed by atoms with Gasteiger partial charge in [0.05, 0.1) is 22.3 Å². The van der Waals surface area contributed by atoms with E-state index in [0.29, 0.717) is 16.1 Å². The van der Waals surface area contributed by atoms with Gasteiger partial charge in [-0.1, -0.05) is 24.3 Å². The van der Waals surface area contributed by atoms with E-state index in [1.165, 1.54) is 41.7 Å². The highest BCUT2D eigenvalue weighted by molar-refractivity contribution is 7.15. The molecule has 5 nitrogen and oxygen atoms in total. The standard InChI is InChI=1S/C24H17F3N2O3S/c1-13-22(33-21(29-13)12-32-20-8-6-17(25)11-28-20)16-4-2-3-14(9-16)15-5-7-18(24(30)31)19(10-15)23(26)27/h2-11,23H,12H2,1H3,(H,30,31). The van der Waals surface area contributed by atoms with Gasteiger partial charge in [-0.05, 0) is 47.9 Å². The maximum Gasteiger partial charge on any atom is 0.336 e. The number of alkyl halides is 2. The summed E-state index contributed by atoms with van der Waals surface area (Å²) in [5, 5.41) is 9.86. The number of hydrogen-bond acceptors (Lipinski definition) is 5. The van der Waals surface area contributed by atoms with E-state index in [0.717, 1.165) is 22.3 Å². The first-order valence-corrected chi connectivity index (χ1v) is 10.6. The molecule has 1 N–H and O–H groups in total. The van der Waals surface area contributed by atoms with Crippen molar-refractivity contribution in [2.24, 2.45) is 0 Å². The summed E-state index contributed by atoms with van der Waals surface area (Å²) in [4.78, 5) is 20.5. The Hall–Kier alpha value is -3.72. The van der Waals surface area contributed by atoms with Crippen LogP contribution in [0, 0.1) is 12.7 Å². The smallest absolute Gasteiger partial charge is 0.336 e. The molecule has 0 unspecified atom stereocenters. The Morgan fingerprint density at radius 2 is 1.85 bits per heavy atom. The normalized spacial score (nSPS) is 11.1. The van der Waals surface area contributed by atoms with Gasteiger partial charge in [-0.2, -0.15) is 0 Å². The number of benzene rings is 2. The van der Waals surface area contributed by atoms with E-state index < -0.39 is 29.3 Å². The Balaban J connectivity index is 1.60. The fourth-order valence-corrected chi connectivity index (χ4v) is 4.30. The Morgan fingerprint density at radius 3 is 2.55 bits per heavy atom. The minimum Gasteiger partial charge on any atom is -0.478 e. The largest absolute Gasteiger partial charge is 0.478 e. The molecule has 0 radical (unpaired) electrons. The van der Waals surface area contributed by atoms with Gasteiger partial charge in [-0.25, -0.2) is 27.9 Å². The summed E-state index contributed by atoms with van der Waals surface area (Å²) < 4.78 is 45.3. The van der Waals surface area contributed by atoms with E-state index in [9.17, 15) is 18.0 Å². The minimum atomic E-state index is -2.90. The van der Waals surface area contributed by atoms with Gasteiger partial charge in [0.1, 0.15) is 17.4 Å². The fraction of sp³-hybridized carbons (Fsp3) is 0.125. The third-order valence-corrected chi connectivity index (χ3v) is 6.04. The van der Waals surface area contributed by atoms with Gasteiger partial charge in [0.15, 0.2) is 0 Å². The Kier molecular flexibility index (Phi) is 6.41. The predicted molar refractivity (Wildman–Crippen MR) is 118 cm³/mol. The number of aromatic nitrogens is 2. The van der Waals surface area contributed by atoms with Crippen LogP contribution in [0.5, 0.6) is 5.88 Å². The van der Waals surface area contributed by atoms with Gasteiger partial charge in [-0.3, -0.25) is 0 Å². The van der Waals surface area contributed by atoms with Crippen molar-refractivity contribution in [1.29, 1.82) is 0 Å². The number of rotatable bonds is 7. The lowest BCUT2D eigenvalue weighted by Gasteiger charge is -2.10. The van der Waals surface area contributed by atoms with E-state index in [1.54, 1.807) is 12.1 Å². The summed E-state index contributed by atoms with van der Waals surface area (Å²) in [6.07, 6.45) is -1.83. The van der Waals surface area contributed by atoms with Crippen LogP contribution in [-0.4, -0.2) is 21.0 Å². The van der Waals surface area contributed by atoms with Crippen LogP contribution in [0.1, 0.15) is 33.0 Å². The summed E-state index contributed by atoms with van der Waals surface area (Å²) in [7, 11) is 0. The second-order valence-corrected chi connectivity index (χ2v) is 8.20. The number of thiazole rings is 1. The first kappa shape index (κ1) is 22.5. The molecule has 0 spiro atoms. The molecule has 0 aliphatic carbocycles. The molecule has 0 saturated heterocycles. The maximum absolute atomic E-state index is 13.4. The second-order valence-electron chi connectivity index (χ2n) is 7.11. The van der Waals surface area contributed by atoms with Crippen LogP contribution < -0.4 is 4.74 Å². The Bertz CT molecular complexity index is 1310. The molecule has 0 atom stereocenters. The molecule has 33 heavy (non-hydrogen) atoms. The first-order chi connectivity index (χ1) is 15.8. The van der Waals surface area contributed by atoms with Crippen molar-refractivity contribution in [2.45, 2.75) is 20.0 Å². The zero-order chi connectivity index (χ0) is 23.5. The highest BCUT2D eigenvalue weighted by atomic mass is 32.1. The number of pyridine rings is 1. The first-order valence-electron chi connectivity index (χ1n) is 9.78. The van der Waals surface area contributed by atoms with Crippen LogP contribution in [0.4, 0.5) is 13.2 Å². The molecule has 4 rings (SSSR count). The Morgan fingerprint density at radius 1 is 1.09 bits per heavy atom. The molecule has 9 heteroatoms. The molecule has 0 bridgehead atoms. The number of aromatic carboxylic acids is 1. The van der Waals surface area contributed by atoms with E-state index >= 15 is 0 Å². The fourth-order valence-electron chi connectivity index (χ4n) is 3.32. The molecule has 0 aliphatic heterocycles. The molecule has 2 heterocycles. The predicted octanol–water partition coefficient (Wildman–Crippen LogP) is 6.53. The van der Waals surface area contributed by atoms with Crippen LogP contribution >= 0.6 is 11.3 Å². The molecule has 0 aliphatic rings. The quantitative estimate of drug-likeness (QED) is 0.332. The molecule has 0 saturated carbocycles. The highest BCUT2D eigenvalue weighted by Crippen LogP contribution is 2.35. The van der Waals surface area contributed by atoms with Gasteiger partial charge in [0.2, 0.25) is 5.88 Å². The summed E-state index contributed by atoms with van der Waals surface area (Å²) >= 11 is 1.42. The lowest BCUT2D eigenvalue weighted by molar-refractivity contribution is 0.0684. The summed E-state index contributed by atoms with van der Waals surface area (Å²) in [5.74, 6) is -1.56. The van der Waals surface area contributed by atoms with Crippen molar-refractivity contribution in [1.82, 2.24) is 9.97 Å². The average Bonchev–Trinajstić information content (AvgIpc) is 3.18. The van der Waals surface area contributed by atoms with E-state index in [-0.39, 0.29) is 12.5 Å². The molecule has 2 aromatic carbocycles. The van der Waals surface area contributed by atoms with Crippen LogP contribution in [0.25, 0.3) is 21.6 Å². The molecule has 2 aromatic heterocycles. The number of nitrogens with zero attached hydrogens (tertiary/aromatic N) is 2. The van der Waals surface area contributed by atoms with E-state index in [4.69, 9.17) is 9.84 Å². The highest BCUT2D eigenvalue weighted by Gasteiger charge is 2.19. The summed E-state index contributed by atoms with van der Waals surface area (Å²) in [6, 6.07) is 13.9. The number of halogens is 3. The number of carboxylic acids is 1. The number of hydrogen-bond donors (Lipinski definition) is 1. The van der Waals surface area contributed by atoms with Crippen LogP contribution in [0.2, 0.25) is 0 Å². The monoisotopic (exact) mass is 470 g/mol. The Labute approximate surface area is 191 Å². The van der Waals surface area contributed by atoms with Gasteiger partial charge in [-0.15, -0.1) is 11.3 Å². The summed E-state index contributed by atoms with van der Waals surface area (Å²) in [6.45, 7) is 2.02. The second kappa shape index (κ2) is 9.41. The SMILES string of the molecule is Cc1nc(COc2ccc(F)cn2)sc1-c1cccc(-c2ccc(C(=O)O)c(C(F)F)c2)c1. The maximum atomic E-state index is 13.4. The van der Waals surface area contributed by atoms with Crippen molar-refractivity contribution in [3.05, 3.63) is 88.4 Å². The summed E-state index contributed by atoms with van der Waals surface area (Å²) in [5.41, 5.74) is 1.85. The van der Waals surface area contributed by atoms with Gasteiger partial charge in [0, 0.05) is 11.6 Å². The van der Waals surface area contributed by atoms with E-state index in [1.807, 2.05) is 19.1 Å². The third-order valence-electron chi connectivity index (χ3n) is 4.86. The zero-order valence-corrected chi connectivity index (χ0v) is 18.1. The van der Waals surface area contributed by atoms with Crippen LogP contribution in [-0.2, 0) is 6.61 Å². The van der Waals surface area contributed by atoms with Crippen molar-refractivity contribution in [3.8, 4) is 27.4 Å². The van der Waals surface area contributed by atoms with Gasteiger partial charge < -0.3 is 9.84 Å². The lowest BCUT2D eigenvalue weighted by atomic mass is 9.97. The molecule has 4 aromatic rings. The number of aryl methyl sites for hydroxylation is 1. The van der Waals surface area contributed by atoms with Gasteiger partial charge in [0.25, 0.3) is 6.43 Å². The third kappa shape index (κ3) is 5.04. The molecule has 168 valence electrons. The van der Waals surface area contributed by atoms with Crippen molar-refractivity contribution in [2.75, 3.05) is 0 Å². The van der Waals surface area contributed by atoms with Crippen LogP contribution in [0.3, 0.4) is 0 Å². The van der Waals surface area contributed by atoms with Gasteiger partial charge >= 0.3 is 5.97 Å². The molecule has 0 amide bonds. The van der Waals surface area contributed by atoms with Crippen molar-refractivity contribution >= 4 is 17.3 Å². The lowest BCUT2D eigenvalue weighted by Crippen LogP contribution is -2.03. The van der Waals surface area contributed by atoms with Crippen molar-refractivity contribution < 1.29 is 27.8 Å². The zero-order valence-electron chi connectivity index (χ0n) is 17.3. The molecular formula is C24H17F3N2O3S. The molecular weight excluding hydrogens is 453 g/mol. The van der Waals surface area contributed by atoms with Crippen LogP contribution in [0.15, 0.2) is 60.8 Å². The number of carbonyl (C=O) groups is 1. The molecule has 0 fully saturated rings.